The maximum atomic E-state index is 6.12. The molecule has 98 valence electrons. The molecule has 0 aliphatic carbocycles. The summed E-state index contributed by atoms with van der Waals surface area (Å²) >= 11 is 0. The molecule has 1 fully saturated rings. The molecule has 2 aliphatic rings. The van der Waals surface area contributed by atoms with E-state index >= 15 is 0 Å². The van der Waals surface area contributed by atoms with Crippen molar-refractivity contribution in [3.05, 3.63) is 23.8 Å². The van der Waals surface area contributed by atoms with Crippen LogP contribution in [0, 0.1) is 5.41 Å². The van der Waals surface area contributed by atoms with Gasteiger partial charge in [-0.05, 0) is 38.6 Å². The molecular weight excluding hydrogens is 224 g/mol. The number of benzene rings is 1. The second-order valence-corrected chi connectivity index (χ2v) is 6.05. The molecular formula is C15H22N2O. The molecule has 0 amide bonds. The number of fused-ring (bicyclic) bond motifs is 1. The number of hydrogen-bond acceptors (Lipinski definition) is 3. The Morgan fingerprint density at radius 2 is 2.33 bits per heavy atom. The highest BCUT2D eigenvalue weighted by Crippen LogP contribution is 2.34. The van der Waals surface area contributed by atoms with Crippen molar-refractivity contribution in [2.75, 3.05) is 38.6 Å². The first-order valence-electron chi connectivity index (χ1n) is 6.83. The van der Waals surface area contributed by atoms with Crippen molar-refractivity contribution < 1.29 is 4.74 Å². The Hall–Kier alpha value is -1.22. The molecule has 2 heterocycles. The maximum absolute atomic E-state index is 6.12. The van der Waals surface area contributed by atoms with Gasteiger partial charge < -0.3 is 15.0 Å². The number of ether oxygens (including phenoxy) is 1. The maximum Gasteiger partial charge on any atom is 0.124 e. The van der Waals surface area contributed by atoms with Crippen molar-refractivity contribution in [3.63, 3.8) is 0 Å². The summed E-state index contributed by atoms with van der Waals surface area (Å²) in [6.45, 7) is 6.52. The first-order valence-corrected chi connectivity index (χ1v) is 6.83. The van der Waals surface area contributed by atoms with Crippen molar-refractivity contribution in [2.45, 2.75) is 19.8 Å². The van der Waals surface area contributed by atoms with Crippen molar-refractivity contribution in [2.24, 2.45) is 5.41 Å². The van der Waals surface area contributed by atoms with Gasteiger partial charge in [0, 0.05) is 29.8 Å². The van der Waals surface area contributed by atoms with Crippen LogP contribution in [-0.2, 0) is 6.42 Å². The van der Waals surface area contributed by atoms with Gasteiger partial charge >= 0.3 is 0 Å². The van der Waals surface area contributed by atoms with Gasteiger partial charge in [-0.25, -0.2) is 0 Å². The number of nitrogens with one attached hydrogen (secondary N) is 1. The van der Waals surface area contributed by atoms with E-state index in [1.165, 1.54) is 24.2 Å². The molecule has 0 saturated carbocycles. The van der Waals surface area contributed by atoms with E-state index in [2.05, 4.69) is 42.4 Å². The van der Waals surface area contributed by atoms with Crippen molar-refractivity contribution >= 4 is 5.69 Å². The molecule has 0 radical (unpaired) electrons. The Labute approximate surface area is 109 Å². The zero-order valence-corrected chi connectivity index (χ0v) is 11.3. The molecule has 1 saturated heterocycles. The molecule has 3 heteroatoms. The number of nitrogens with zero attached hydrogens (tertiary/aromatic N) is 1. The molecule has 1 aromatic rings. The van der Waals surface area contributed by atoms with Crippen LogP contribution in [0.2, 0.25) is 0 Å². The van der Waals surface area contributed by atoms with E-state index in [1.807, 2.05) is 0 Å². The van der Waals surface area contributed by atoms with Crippen LogP contribution in [0.25, 0.3) is 0 Å². The molecule has 0 aromatic heterocycles. The van der Waals surface area contributed by atoms with Gasteiger partial charge in [0.25, 0.3) is 0 Å². The number of anilines is 1. The molecule has 3 nitrogen and oxygen atoms in total. The van der Waals surface area contributed by atoms with Crippen molar-refractivity contribution in [3.8, 4) is 5.75 Å². The molecule has 2 aliphatic heterocycles. The summed E-state index contributed by atoms with van der Waals surface area (Å²) < 4.78 is 6.12. The third kappa shape index (κ3) is 2.19. The minimum absolute atomic E-state index is 0.309. The molecule has 1 N–H and O–H groups in total. The van der Waals surface area contributed by atoms with Gasteiger partial charge in [-0.2, -0.15) is 0 Å². The van der Waals surface area contributed by atoms with Crippen molar-refractivity contribution in [1.82, 2.24) is 4.90 Å². The highest BCUT2D eigenvalue weighted by atomic mass is 16.5. The summed E-state index contributed by atoms with van der Waals surface area (Å²) in [5.41, 5.74) is 2.91. The monoisotopic (exact) mass is 246 g/mol. The van der Waals surface area contributed by atoms with Crippen LogP contribution < -0.4 is 10.1 Å². The topological polar surface area (TPSA) is 24.5 Å². The lowest BCUT2D eigenvalue weighted by Crippen LogP contribution is -2.28. The fraction of sp³-hybridized carbons (Fsp3) is 0.600. The van der Waals surface area contributed by atoms with Gasteiger partial charge in [0.1, 0.15) is 5.75 Å². The van der Waals surface area contributed by atoms with Gasteiger partial charge in [-0.3, -0.25) is 0 Å². The third-order valence-corrected chi connectivity index (χ3v) is 4.15. The smallest absolute Gasteiger partial charge is 0.124 e. The van der Waals surface area contributed by atoms with Crippen LogP contribution >= 0.6 is 0 Å². The first kappa shape index (κ1) is 11.8. The summed E-state index contributed by atoms with van der Waals surface area (Å²) in [6, 6.07) is 6.32. The average molecular weight is 246 g/mol. The molecule has 0 bridgehead atoms. The van der Waals surface area contributed by atoms with E-state index in [4.69, 9.17) is 4.74 Å². The average Bonchev–Trinajstić information content (AvgIpc) is 2.94. The summed E-state index contributed by atoms with van der Waals surface area (Å²) in [5, 5.41) is 3.40. The Kier molecular flexibility index (Phi) is 2.94. The third-order valence-electron chi connectivity index (χ3n) is 4.15. The van der Waals surface area contributed by atoms with E-state index in [1.54, 1.807) is 0 Å². The lowest BCUT2D eigenvalue weighted by molar-refractivity contribution is 0.167. The van der Waals surface area contributed by atoms with Gasteiger partial charge in [-0.1, -0.05) is 13.0 Å². The van der Waals surface area contributed by atoms with Crippen LogP contribution in [0.4, 0.5) is 5.69 Å². The highest BCUT2D eigenvalue weighted by Gasteiger charge is 2.33. The summed E-state index contributed by atoms with van der Waals surface area (Å²) in [7, 11) is 2.19. The molecule has 1 atom stereocenters. The highest BCUT2D eigenvalue weighted by molar-refractivity contribution is 5.61. The van der Waals surface area contributed by atoms with Gasteiger partial charge in [0.2, 0.25) is 0 Å². The van der Waals surface area contributed by atoms with Crippen LogP contribution in [-0.4, -0.2) is 38.2 Å². The Bertz CT molecular complexity index is 446. The zero-order chi connectivity index (χ0) is 12.6. The fourth-order valence-electron chi connectivity index (χ4n) is 3.09. The molecule has 1 aromatic carbocycles. The van der Waals surface area contributed by atoms with Gasteiger partial charge in [0.05, 0.1) is 6.61 Å². The lowest BCUT2D eigenvalue weighted by atomic mass is 9.91. The lowest BCUT2D eigenvalue weighted by Gasteiger charge is -2.24. The second kappa shape index (κ2) is 4.47. The minimum atomic E-state index is 0.309. The summed E-state index contributed by atoms with van der Waals surface area (Å²) in [5.74, 6) is 1.08. The van der Waals surface area contributed by atoms with Crippen LogP contribution in [0.1, 0.15) is 18.9 Å². The van der Waals surface area contributed by atoms with Crippen molar-refractivity contribution in [1.29, 1.82) is 0 Å². The normalized spacial score (nSPS) is 27.0. The first-order chi connectivity index (χ1) is 8.66. The van der Waals surface area contributed by atoms with Crippen LogP contribution in [0.15, 0.2) is 18.2 Å². The number of likely N-dealkylation sites (tertiary alicyclic amines) is 1. The number of rotatable bonds is 3. The summed E-state index contributed by atoms with van der Waals surface area (Å²) in [4.78, 5) is 2.39. The van der Waals surface area contributed by atoms with Crippen LogP contribution in [0.5, 0.6) is 5.75 Å². The van der Waals surface area contributed by atoms with Gasteiger partial charge in [-0.15, -0.1) is 0 Å². The van der Waals surface area contributed by atoms with E-state index in [0.717, 1.165) is 31.9 Å². The molecule has 18 heavy (non-hydrogen) atoms. The van der Waals surface area contributed by atoms with E-state index in [9.17, 15) is 0 Å². The van der Waals surface area contributed by atoms with E-state index < -0.39 is 0 Å². The predicted octanol–water partition coefficient (Wildman–Crippen LogP) is 2.38. The van der Waals surface area contributed by atoms with E-state index in [-0.39, 0.29) is 0 Å². The SMILES string of the molecule is CN1CCC(C)(COc2cccc3c2CCN3)C1. The Morgan fingerprint density at radius 3 is 3.11 bits per heavy atom. The minimum Gasteiger partial charge on any atom is -0.493 e. The Morgan fingerprint density at radius 1 is 1.44 bits per heavy atom. The summed E-state index contributed by atoms with van der Waals surface area (Å²) in [6.07, 6.45) is 2.32. The van der Waals surface area contributed by atoms with Gasteiger partial charge in [0.15, 0.2) is 0 Å². The molecule has 1 unspecified atom stereocenters. The quantitative estimate of drug-likeness (QED) is 0.886. The van der Waals surface area contributed by atoms with E-state index in [0.29, 0.717) is 5.41 Å². The zero-order valence-electron chi connectivity index (χ0n) is 11.3. The largest absolute Gasteiger partial charge is 0.493 e. The predicted molar refractivity (Wildman–Crippen MR) is 74.4 cm³/mol. The molecule has 0 spiro atoms. The fourth-order valence-corrected chi connectivity index (χ4v) is 3.09. The van der Waals surface area contributed by atoms with Crippen LogP contribution in [0.3, 0.4) is 0 Å². The Balaban J connectivity index is 1.69. The standard InChI is InChI=1S/C15H22N2O/c1-15(7-9-17(2)10-15)11-18-14-5-3-4-13-12(14)6-8-16-13/h3-5,16H,6-11H2,1-2H3. The second-order valence-electron chi connectivity index (χ2n) is 6.05. The number of hydrogen-bond donors (Lipinski definition) is 1. The molecule has 3 rings (SSSR count).